The fraction of sp³-hybridized carbons (Fsp3) is 0.190. The van der Waals surface area contributed by atoms with Gasteiger partial charge in [-0.15, -0.1) is 0 Å². The zero-order valence-electron chi connectivity index (χ0n) is 16.0. The topological polar surface area (TPSA) is 114 Å². The number of aromatic amines is 1. The third-order valence-corrected chi connectivity index (χ3v) is 4.43. The molecular weight excluding hydrogens is 370 g/mol. The number of carbonyl (C=O) groups excluding carboxylic acids is 1. The van der Waals surface area contributed by atoms with Crippen molar-refractivity contribution in [2.75, 3.05) is 5.32 Å². The number of rotatable bonds is 5. The summed E-state index contributed by atoms with van der Waals surface area (Å²) in [6.07, 6.45) is 0.417. The van der Waals surface area contributed by atoms with E-state index in [1.54, 1.807) is 12.1 Å². The number of nitrogens with zero attached hydrogens (tertiary/aromatic N) is 3. The van der Waals surface area contributed by atoms with E-state index >= 15 is 0 Å². The lowest BCUT2D eigenvalue weighted by atomic mass is 10.1. The summed E-state index contributed by atoms with van der Waals surface area (Å²) in [6, 6.07) is 12.9. The van der Waals surface area contributed by atoms with E-state index in [0.29, 0.717) is 11.4 Å². The van der Waals surface area contributed by atoms with E-state index in [2.05, 4.69) is 25.4 Å². The number of pyridine rings is 2. The molecule has 0 fully saturated rings. The number of aryl methyl sites for hydroxylation is 3. The van der Waals surface area contributed by atoms with Crippen LogP contribution in [0.5, 0.6) is 0 Å². The van der Waals surface area contributed by atoms with E-state index in [9.17, 15) is 9.59 Å². The van der Waals surface area contributed by atoms with Crippen molar-refractivity contribution in [2.24, 2.45) is 0 Å². The van der Waals surface area contributed by atoms with Gasteiger partial charge in [0.2, 0.25) is 17.6 Å². The highest BCUT2D eigenvalue weighted by Crippen LogP contribution is 2.18. The predicted molar refractivity (Wildman–Crippen MR) is 109 cm³/mol. The molecule has 0 aliphatic rings. The molecule has 29 heavy (non-hydrogen) atoms. The van der Waals surface area contributed by atoms with E-state index in [-0.39, 0.29) is 36.0 Å². The Balaban J connectivity index is 1.46. The SMILES string of the molecule is Cc1ccc2cc(-c3noc(CCC(=O)Nc4cccc(C)n4)n3)c(=O)[nH]c2c1. The number of H-pyrrole nitrogens is 1. The highest BCUT2D eigenvalue weighted by atomic mass is 16.5. The number of hydrogen-bond acceptors (Lipinski definition) is 6. The molecule has 1 amide bonds. The standard InChI is InChI=1S/C21H19N5O3/c1-12-6-7-14-11-15(21(28)23-16(14)10-12)20-25-19(29-26-20)9-8-18(27)24-17-5-3-4-13(2)22-17/h3-7,10-11H,8-9H2,1-2H3,(H,23,28)(H,22,24,27). The summed E-state index contributed by atoms with van der Waals surface area (Å²) < 4.78 is 5.22. The van der Waals surface area contributed by atoms with Gasteiger partial charge in [-0.05, 0) is 49.1 Å². The Morgan fingerprint density at radius 3 is 2.83 bits per heavy atom. The van der Waals surface area contributed by atoms with E-state index in [4.69, 9.17) is 4.52 Å². The first-order valence-electron chi connectivity index (χ1n) is 9.18. The smallest absolute Gasteiger partial charge is 0.259 e. The number of nitrogens with one attached hydrogen (secondary N) is 2. The summed E-state index contributed by atoms with van der Waals surface area (Å²) in [4.78, 5) is 35.8. The van der Waals surface area contributed by atoms with Crippen LogP contribution in [0.15, 0.2) is 51.8 Å². The first-order valence-corrected chi connectivity index (χ1v) is 9.18. The van der Waals surface area contributed by atoms with Crippen molar-refractivity contribution >= 4 is 22.6 Å². The van der Waals surface area contributed by atoms with Gasteiger partial charge in [-0.1, -0.05) is 23.4 Å². The summed E-state index contributed by atoms with van der Waals surface area (Å²) >= 11 is 0. The fourth-order valence-electron chi connectivity index (χ4n) is 2.99. The van der Waals surface area contributed by atoms with Crippen LogP contribution in [-0.4, -0.2) is 26.0 Å². The molecule has 3 heterocycles. The number of fused-ring (bicyclic) bond motifs is 1. The molecule has 0 radical (unpaired) electrons. The number of aromatic nitrogens is 4. The maximum atomic E-state index is 12.4. The van der Waals surface area contributed by atoms with Gasteiger partial charge in [0.25, 0.3) is 5.56 Å². The van der Waals surface area contributed by atoms with E-state index in [1.807, 2.05) is 44.2 Å². The number of hydrogen-bond donors (Lipinski definition) is 2. The molecular formula is C21H19N5O3. The molecule has 0 unspecified atom stereocenters. The van der Waals surface area contributed by atoms with Gasteiger partial charge in [0, 0.05) is 24.1 Å². The third kappa shape index (κ3) is 4.21. The van der Waals surface area contributed by atoms with Crippen LogP contribution >= 0.6 is 0 Å². The largest absolute Gasteiger partial charge is 0.339 e. The second-order valence-electron chi connectivity index (χ2n) is 6.83. The Bertz CT molecular complexity index is 1260. The lowest BCUT2D eigenvalue weighted by Gasteiger charge is -2.03. The second kappa shape index (κ2) is 7.67. The molecule has 3 aromatic heterocycles. The van der Waals surface area contributed by atoms with Gasteiger partial charge in [0.1, 0.15) is 5.82 Å². The van der Waals surface area contributed by atoms with Crippen molar-refractivity contribution in [3.05, 3.63) is 70.0 Å². The second-order valence-corrected chi connectivity index (χ2v) is 6.83. The first kappa shape index (κ1) is 18.5. The quantitative estimate of drug-likeness (QED) is 0.542. The summed E-state index contributed by atoms with van der Waals surface area (Å²) in [6.45, 7) is 3.81. The maximum Gasteiger partial charge on any atom is 0.259 e. The minimum absolute atomic E-state index is 0.157. The maximum absolute atomic E-state index is 12.4. The molecule has 0 aliphatic heterocycles. The summed E-state index contributed by atoms with van der Waals surface area (Å²) in [7, 11) is 0. The molecule has 0 aliphatic carbocycles. The summed E-state index contributed by atoms with van der Waals surface area (Å²) in [5.74, 6) is 0.779. The molecule has 0 spiro atoms. The first-order chi connectivity index (χ1) is 14.0. The minimum Gasteiger partial charge on any atom is -0.339 e. The number of benzene rings is 1. The van der Waals surface area contributed by atoms with Crippen molar-refractivity contribution in [3.8, 4) is 11.4 Å². The van der Waals surface area contributed by atoms with Crippen LogP contribution in [0.25, 0.3) is 22.3 Å². The highest BCUT2D eigenvalue weighted by molar-refractivity contribution is 5.89. The zero-order chi connectivity index (χ0) is 20.4. The minimum atomic E-state index is -0.293. The normalized spacial score (nSPS) is 11.0. The van der Waals surface area contributed by atoms with Crippen LogP contribution in [0.4, 0.5) is 5.82 Å². The van der Waals surface area contributed by atoms with E-state index < -0.39 is 0 Å². The molecule has 4 rings (SSSR count). The molecule has 0 bridgehead atoms. The number of amides is 1. The van der Waals surface area contributed by atoms with Gasteiger partial charge < -0.3 is 14.8 Å². The summed E-state index contributed by atoms with van der Waals surface area (Å²) in [5.41, 5.74) is 2.66. The van der Waals surface area contributed by atoms with E-state index in [0.717, 1.165) is 22.2 Å². The molecule has 0 atom stereocenters. The Morgan fingerprint density at radius 2 is 2.00 bits per heavy atom. The number of anilines is 1. The lowest BCUT2D eigenvalue weighted by Crippen LogP contribution is -2.13. The van der Waals surface area contributed by atoms with Crippen LogP contribution in [0.2, 0.25) is 0 Å². The average Bonchev–Trinajstić information content (AvgIpc) is 3.14. The van der Waals surface area contributed by atoms with Crippen molar-refractivity contribution in [1.29, 1.82) is 0 Å². The number of carbonyl (C=O) groups is 1. The molecule has 0 saturated heterocycles. The van der Waals surface area contributed by atoms with Crippen LogP contribution in [0, 0.1) is 13.8 Å². The van der Waals surface area contributed by atoms with Gasteiger partial charge in [0.15, 0.2) is 0 Å². The zero-order valence-corrected chi connectivity index (χ0v) is 16.0. The van der Waals surface area contributed by atoms with Gasteiger partial charge >= 0.3 is 0 Å². The Hall–Kier alpha value is -3.81. The molecule has 146 valence electrons. The lowest BCUT2D eigenvalue weighted by molar-refractivity contribution is -0.116. The molecule has 0 saturated carbocycles. The Labute approximate surface area is 166 Å². The van der Waals surface area contributed by atoms with Crippen LogP contribution in [0.3, 0.4) is 0 Å². The molecule has 4 aromatic rings. The van der Waals surface area contributed by atoms with Crippen LogP contribution in [-0.2, 0) is 11.2 Å². The third-order valence-electron chi connectivity index (χ3n) is 4.43. The van der Waals surface area contributed by atoms with Crippen molar-refractivity contribution < 1.29 is 9.32 Å². The van der Waals surface area contributed by atoms with Crippen molar-refractivity contribution in [2.45, 2.75) is 26.7 Å². The highest BCUT2D eigenvalue weighted by Gasteiger charge is 2.14. The van der Waals surface area contributed by atoms with Crippen molar-refractivity contribution in [3.63, 3.8) is 0 Å². The van der Waals surface area contributed by atoms with Crippen molar-refractivity contribution in [1.82, 2.24) is 20.1 Å². The Morgan fingerprint density at radius 1 is 1.14 bits per heavy atom. The molecule has 8 nitrogen and oxygen atoms in total. The van der Waals surface area contributed by atoms with E-state index in [1.165, 1.54) is 0 Å². The van der Waals surface area contributed by atoms with Gasteiger partial charge in [0.05, 0.1) is 5.56 Å². The average molecular weight is 389 g/mol. The molecule has 1 aromatic carbocycles. The van der Waals surface area contributed by atoms with Gasteiger partial charge in [-0.25, -0.2) is 4.98 Å². The van der Waals surface area contributed by atoms with Crippen LogP contribution < -0.4 is 10.9 Å². The predicted octanol–water partition coefficient (Wildman–Crippen LogP) is 3.16. The fourth-order valence-corrected chi connectivity index (χ4v) is 2.99. The van der Waals surface area contributed by atoms with Gasteiger partial charge in [-0.3, -0.25) is 9.59 Å². The Kier molecular flexibility index (Phi) is 4.90. The monoisotopic (exact) mass is 389 g/mol. The molecule has 8 heteroatoms. The molecule has 2 N–H and O–H groups in total. The summed E-state index contributed by atoms with van der Waals surface area (Å²) in [5, 5.41) is 7.50. The van der Waals surface area contributed by atoms with Crippen LogP contribution in [0.1, 0.15) is 23.6 Å². The van der Waals surface area contributed by atoms with Gasteiger partial charge in [-0.2, -0.15) is 4.98 Å².